The molecule has 0 saturated heterocycles. The fraction of sp³-hybridized carbons (Fsp3) is 0.240. The topological polar surface area (TPSA) is 36.4 Å². The average molecular weight is 400 g/mol. The van der Waals surface area contributed by atoms with E-state index in [9.17, 15) is 0 Å². The number of para-hydroxylation sites is 2. The van der Waals surface area contributed by atoms with Gasteiger partial charge in [0.15, 0.2) is 0 Å². The summed E-state index contributed by atoms with van der Waals surface area (Å²) in [5.74, 6) is 0. The number of benzene rings is 3. The van der Waals surface area contributed by atoms with Gasteiger partial charge in [-0.15, -0.1) is 11.8 Å². The third kappa shape index (κ3) is 3.22. The first kappa shape index (κ1) is 18.3. The van der Waals surface area contributed by atoms with E-state index in [4.69, 9.17) is 4.99 Å². The van der Waals surface area contributed by atoms with Crippen LogP contribution in [0.1, 0.15) is 31.9 Å². The second kappa shape index (κ2) is 6.96. The van der Waals surface area contributed by atoms with Gasteiger partial charge < -0.3 is 10.6 Å². The highest BCUT2D eigenvalue weighted by Gasteiger charge is 2.35. The number of hydrogen-bond acceptors (Lipinski definition) is 4. The Labute approximate surface area is 176 Å². The second-order valence-corrected chi connectivity index (χ2v) is 9.11. The highest BCUT2D eigenvalue weighted by atomic mass is 32.2. The molecule has 146 valence electrons. The van der Waals surface area contributed by atoms with Crippen molar-refractivity contribution in [3.63, 3.8) is 0 Å². The molecule has 2 N–H and O–H groups in total. The molecule has 29 heavy (non-hydrogen) atoms. The third-order valence-electron chi connectivity index (χ3n) is 5.70. The van der Waals surface area contributed by atoms with Crippen LogP contribution in [0.3, 0.4) is 0 Å². The lowest BCUT2D eigenvalue weighted by Crippen LogP contribution is -2.31. The monoisotopic (exact) mass is 399 g/mol. The van der Waals surface area contributed by atoms with Crippen LogP contribution in [-0.4, -0.2) is 16.8 Å². The molecule has 0 radical (unpaired) electrons. The van der Waals surface area contributed by atoms with E-state index in [0.29, 0.717) is 0 Å². The van der Waals surface area contributed by atoms with E-state index in [0.717, 1.165) is 22.8 Å². The molecule has 3 aromatic rings. The molecule has 5 rings (SSSR count). The number of dihydropyridines is 1. The molecule has 0 aromatic heterocycles. The van der Waals surface area contributed by atoms with Gasteiger partial charge >= 0.3 is 0 Å². The van der Waals surface area contributed by atoms with Crippen LogP contribution < -0.4 is 10.6 Å². The minimum Gasteiger partial charge on any atom is -0.372 e. The summed E-state index contributed by atoms with van der Waals surface area (Å²) < 4.78 is 0. The van der Waals surface area contributed by atoms with Crippen LogP contribution in [0.25, 0.3) is 10.8 Å². The summed E-state index contributed by atoms with van der Waals surface area (Å²) in [6, 6.07) is 23.7. The summed E-state index contributed by atoms with van der Waals surface area (Å²) in [4.78, 5) is 5.12. The van der Waals surface area contributed by atoms with E-state index in [-0.39, 0.29) is 11.6 Å². The predicted octanol–water partition coefficient (Wildman–Crippen LogP) is 6.62. The fourth-order valence-corrected chi connectivity index (χ4v) is 5.24. The molecule has 0 amide bonds. The molecule has 0 spiro atoms. The van der Waals surface area contributed by atoms with Gasteiger partial charge in [0.05, 0.1) is 28.0 Å². The van der Waals surface area contributed by atoms with Crippen molar-refractivity contribution in [1.82, 2.24) is 0 Å². The van der Waals surface area contributed by atoms with Crippen molar-refractivity contribution in [1.29, 1.82) is 0 Å². The number of anilines is 2. The summed E-state index contributed by atoms with van der Waals surface area (Å²) >= 11 is 1.74. The quantitative estimate of drug-likeness (QED) is 0.483. The minimum absolute atomic E-state index is 0.0366. The van der Waals surface area contributed by atoms with E-state index in [2.05, 4.69) is 97.5 Å². The Morgan fingerprint density at radius 2 is 1.66 bits per heavy atom. The van der Waals surface area contributed by atoms with Gasteiger partial charge in [-0.25, -0.2) is 0 Å². The SMILES string of the molecule is CSC1=NC(C)(C)CC2=C1C(c1cccc3ccccc13)Nc1ccccc1N2. The summed E-state index contributed by atoms with van der Waals surface area (Å²) in [6.45, 7) is 4.43. The Bertz CT molecular complexity index is 1150. The number of thioether (sulfide) groups is 1. The Hall–Kier alpha value is -2.72. The molecule has 2 heterocycles. The Balaban J connectivity index is 1.77. The van der Waals surface area contributed by atoms with Crippen LogP contribution in [0.2, 0.25) is 0 Å². The van der Waals surface area contributed by atoms with Gasteiger partial charge in [0.2, 0.25) is 0 Å². The van der Waals surface area contributed by atoms with Gasteiger partial charge in [0.25, 0.3) is 0 Å². The van der Waals surface area contributed by atoms with E-state index < -0.39 is 0 Å². The maximum absolute atomic E-state index is 5.12. The van der Waals surface area contributed by atoms with Crippen molar-refractivity contribution in [2.24, 2.45) is 4.99 Å². The summed E-state index contributed by atoms with van der Waals surface area (Å²) in [5.41, 5.74) is 5.95. The van der Waals surface area contributed by atoms with Gasteiger partial charge in [0.1, 0.15) is 0 Å². The van der Waals surface area contributed by atoms with Gasteiger partial charge in [-0.2, -0.15) is 0 Å². The second-order valence-electron chi connectivity index (χ2n) is 8.32. The van der Waals surface area contributed by atoms with Gasteiger partial charge in [-0.3, -0.25) is 4.99 Å². The van der Waals surface area contributed by atoms with Crippen molar-refractivity contribution >= 4 is 39.0 Å². The lowest BCUT2D eigenvalue weighted by Gasteiger charge is -2.33. The zero-order valence-electron chi connectivity index (χ0n) is 17.0. The van der Waals surface area contributed by atoms with Crippen LogP contribution in [0, 0.1) is 0 Å². The Morgan fingerprint density at radius 1 is 0.931 bits per heavy atom. The van der Waals surface area contributed by atoms with Crippen LogP contribution in [0.15, 0.2) is 83.0 Å². The molecule has 0 aliphatic carbocycles. The molecule has 1 atom stereocenters. The first-order valence-corrected chi connectivity index (χ1v) is 11.3. The standard InChI is InChI=1S/C25H25N3S/c1-25(2)15-21-22(24(28-25)29-3)23(27-20-14-7-6-13-19(20)26-21)18-12-8-10-16-9-4-5-11-17(16)18/h4-14,23,26-27H,15H2,1-3H3. The largest absolute Gasteiger partial charge is 0.372 e. The maximum atomic E-state index is 5.12. The van der Waals surface area contributed by atoms with Crippen LogP contribution >= 0.6 is 11.8 Å². The molecule has 1 unspecified atom stereocenters. The number of hydrogen-bond donors (Lipinski definition) is 2. The van der Waals surface area contributed by atoms with Crippen LogP contribution in [-0.2, 0) is 0 Å². The molecule has 3 nitrogen and oxygen atoms in total. The van der Waals surface area contributed by atoms with E-state index in [1.807, 2.05) is 0 Å². The van der Waals surface area contributed by atoms with E-state index >= 15 is 0 Å². The smallest absolute Gasteiger partial charge is 0.0982 e. The van der Waals surface area contributed by atoms with E-state index in [1.165, 1.54) is 27.6 Å². The first-order valence-electron chi connectivity index (χ1n) is 10.0. The van der Waals surface area contributed by atoms with Gasteiger partial charge in [0, 0.05) is 17.7 Å². The molecular weight excluding hydrogens is 374 g/mol. The minimum atomic E-state index is -0.118. The summed E-state index contributed by atoms with van der Waals surface area (Å²) in [5, 5.41) is 11.3. The Morgan fingerprint density at radius 3 is 2.48 bits per heavy atom. The van der Waals surface area contributed by atoms with Crippen molar-refractivity contribution in [3.8, 4) is 0 Å². The number of nitrogens with zero attached hydrogens (tertiary/aromatic N) is 1. The van der Waals surface area contributed by atoms with Crippen molar-refractivity contribution in [3.05, 3.63) is 83.6 Å². The number of rotatable bonds is 1. The van der Waals surface area contributed by atoms with E-state index in [1.54, 1.807) is 11.8 Å². The maximum Gasteiger partial charge on any atom is 0.0982 e. The van der Waals surface area contributed by atoms with Crippen molar-refractivity contribution in [2.45, 2.75) is 31.8 Å². The van der Waals surface area contributed by atoms with Crippen LogP contribution in [0.4, 0.5) is 11.4 Å². The van der Waals surface area contributed by atoms with Crippen LogP contribution in [0.5, 0.6) is 0 Å². The first-order chi connectivity index (χ1) is 14.1. The number of fused-ring (bicyclic) bond motifs is 2. The zero-order chi connectivity index (χ0) is 20.0. The lowest BCUT2D eigenvalue weighted by molar-refractivity contribution is 0.511. The summed E-state index contributed by atoms with van der Waals surface area (Å²) in [7, 11) is 0. The lowest BCUT2D eigenvalue weighted by atomic mass is 9.87. The third-order valence-corrected chi connectivity index (χ3v) is 6.40. The molecule has 2 aliphatic rings. The van der Waals surface area contributed by atoms with Gasteiger partial charge in [-0.1, -0.05) is 54.6 Å². The van der Waals surface area contributed by atoms with Crippen molar-refractivity contribution < 1.29 is 0 Å². The molecule has 3 aromatic carbocycles. The molecule has 0 fully saturated rings. The van der Waals surface area contributed by atoms with Gasteiger partial charge in [-0.05, 0) is 48.6 Å². The average Bonchev–Trinajstić information content (AvgIpc) is 2.88. The molecule has 4 heteroatoms. The zero-order valence-corrected chi connectivity index (χ0v) is 17.8. The molecular formula is C25H25N3S. The highest BCUT2D eigenvalue weighted by molar-refractivity contribution is 8.13. The fourth-order valence-electron chi connectivity index (χ4n) is 4.44. The highest BCUT2D eigenvalue weighted by Crippen LogP contribution is 2.44. The molecule has 0 saturated carbocycles. The summed E-state index contributed by atoms with van der Waals surface area (Å²) in [6.07, 6.45) is 3.02. The van der Waals surface area contributed by atoms with Crippen molar-refractivity contribution in [2.75, 3.05) is 16.9 Å². The predicted molar refractivity (Wildman–Crippen MR) is 127 cm³/mol. The Kier molecular flexibility index (Phi) is 4.39. The number of nitrogens with one attached hydrogen (secondary N) is 2. The molecule has 2 aliphatic heterocycles. The molecule has 0 bridgehead atoms. The number of aliphatic imine (C=N–C) groups is 1. The normalized spacial score (nSPS) is 20.1.